The van der Waals surface area contributed by atoms with Gasteiger partial charge in [-0.05, 0) is 31.9 Å². The van der Waals surface area contributed by atoms with Crippen molar-refractivity contribution >= 4 is 5.91 Å². The molecule has 0 spiro atoms. The number of pyridine rings is 1. The van der Waals surface area contributed by atoms with E-state index in [0.717, 1.165) is 4.57 Å². The molecule has 0 saturated heterocycles. The third-order valence-corrected chi connectivity index (χ3v) is 5.91. The third-order valence-electron chi connectivity index (χ3n) is 5.91. The highest BCUT2D eigenvalue weighted by molar-refractivity contribution is 5.80. The summed E-state index contributed by atoms with van der Waals surface area (Å²) in [5.41, 5.74) is -0.346. The Hall–Kier alpha value is -3.75. The summed E-state index contributed by atoms with van der Waals surface area (Å²) in [7, 11) is 0. The van der Waals surface area contributed by atoms with Crippen LogP contribution in [0.2, 0.25) is 0 Å². The number of amides is 1. The maximum Gasteiger partial charge on any atom is 0.333 e. The predicted molar refractivity (Wildman–Crippen MR) is 137 cm³/mol. The second-order valence-electron chi connectivity index (χ2n) is 9.59. The number of hydrogen-bond donors (Lipinski definition) is 3. The average Bonchev–Trinajstić information content (AvgIpc) is 3.33. The second-order valence-corrected chi connectivity index (χ2v) is 9.59. The van der Waals surface area contributed by atoms with Gasteiger partial charge in [0.1, 0.15) is 23.8 Å². The normalized spacial score (nSPS) is 13.8. The van der Waals surface area contributed by atoms with Gasteiger partial charge in [-0.15, -0.1) is 5.10 Å². The van der Waals surface area contributed by atoms with Gasteiger partial charge in [-0.1, -0.05) is 19.1 Å². The summed E-state index contributed by atoms with van der Waals surface area (Å²) in [6.07, 6.45) is 2.50. The Balaban J connectivity index is 1.85. The van der Waals surface area contributed by atoms with Crippen molar-refractivity contribution in [3.8, 4) is 0 Å². The van der Waals surface area contributed by atoms with Crippen LogP contribution in [-0.2, 0) is 22.6 Å². The van der Waals surface area contributed by atoms with Crippen molar-refractivity contribution in [2.75, 3.05) is 13.2 Å². The molecule has 0 aliphatic heterocycles. The average molecular weight is 548 g/mol. The Morgan fingerprint density at radius 3 is 2.59 bits per heavy atom. The molecule has 3 rings (SSSR count). The lowest BCUT2D eigenvalue weighted by molar-refractivity contribution is -0.126. The van der Waals surface area contributed by atoms with Crippen molar-refractivity contribution in [3.05, 3.63) is 74.3 Å². The number of aliphatic hydroxyl groups is 2. The molecular weight excluding hydrogens is 513 g/mol. The molecule has 0 radical (unpaired) electrons. The number of aromatic nitrogens is 6. The van der Waals surface area contributed by atoms with E-state index in [9.17, 15) is 23.9 Å². The van der Waals surface area contributed by atoms with Crippen molar-refractivity contribution in [1.82, 2.24) is 34.4 Å². The van der Waals surface area contributed by atoms with Crippen LogP contribution in [0, 0.1) is 18.7 Å². The van der Waals surface area contributed by atoms with Gasteiger partial charge in [0.05, 0.1) is 44.3 Å². The van der Waals surface area contributed by atoms with Crippen LogP contribution in [0.4, 0.5) is 4.39 Å². The van der Waals surface area contributed by atoms with Crippen LogP contribution in [-0.4, -0.2) is 64.6 Å². The van der Waals surface area contributed by atoms with Gasteiger partial charge in [-0.2, -0.15) is 0 Å². The van der Waals surface area contributed by atoms with Gasteiger partial charge in [-0.25, -0.2) is 13.9 Å². The van der Waals surface area contributed by atoms with E-state index in [1.165, 1.54) is 46.9 Å². The van der Waals surface area contributed by atoms with Crippen LogP contribution in [0.15, 0.2) is 40.3 Å². The summed E-state index contributed by atoms with van der Waals surface area (Å²) >= 11 is 0. The zero-order chi connectivity index (χ0) is 28.7. The quantitative estimate of drug-likeness (QED) is 0.272. The molecule has 3 aromatic rings. The Morgan fingerprint density at radius 2 is 1.95 bits per heavy atom. The summed E-state index contributed by atoms with van der Waals surface area (Å²) in [6.45, 7) is 6.18. The van der Waals surface area contributed by atoms with Crippen molar-refractivity contribution in [1.29, 1.82) is 0 Å². The van der Waals surface area contributed by atoms with Crippen molar-refractivity contribution in [2.45, 2.75) is 65.6 Å². The van der Waals surface area contributed by atoms with Crippen LogP contribution in [0.1, 0.15) is 56.4 Å². The van der Waals surface area contributed by atoms with E-state index < -0.39 is 35.4 Å². The summed E-state index contributed by atoms with van der Waals surface area (Å²) in [5, 5.41) is 29.9. The molecule has 13 nitrogen and oxygen atoms in total. The lowest BCUT2D eigenvalue weighted by Crippen LogP contribution is -2.43. The van der Waals surface area contributed by atoms with Gasteiger partial charge >= 0.3 is 5.69 Å². The second kappa shape index (κ2) is 13.4. The maximum absolute atomic E-state index is 13.4. The molecule has 14 heteroatoms. The minimum absolute atomic E-state index is 0.0194. The molecule has 0 aromatic carbocycles. The minimum atomic E-state index is -0.910. The monoisotopic (exact) mass is 547 g/mol. The number of ether oxygens (including phenoxy) is 1. The first kappa shape index (κ1) is 29.8. The fourth-order valence-corrected chi connectivity index (χ4v) is 4.09. The number of rotatable bonds is 13. The largest absolute Gasteiger partial charge is 0.394 e. The van der Waals surface area contributed by atoms with Crippen LogP contribution in [0.3, 0.4) is 0 Å². The van der Waals surface area contributed by atoms with Gasteiger partial charge in [0, 0.05) is 24.4 Å². The predicted octanol–water partition coefficient (Wildman–Crippen LogP) is 0.284. The molecule has 3 atom stereocenters. The van der Waals surface area contributed by atoms with Gasteiger partial charge < -0.3 is 20.3 Å². The van der Waals surface area contributed by atoms with Crippen LogP contribution in [0.5, 0.6) is 0 Å². The van der Waals surface area contributed by atoms with E-state index in [2.05, 4.69) is 20.6 Å². The molecule has 0 bridgehead atoms. The number of hydrogen-bond acceptors (Lipinski definition) is 9. The van der Waals surface area contributed by atoms with Crippen LogP contribution >= 0.6 is 0 Å². The maximum atomic E-state index is 13.4. The smallest absolute Gasteiger partial charge is 0.333 e. The first-order valence-corrected chi connectivity index (χ1v) is 12.5. The Morgan fingerprint density at radius 1 is 1.21 bits per heavy atom. The number of halogens is 1. The lowest BCUT2D eigenvalue weighted by atomic mass is 10.0. The number of nitrogens with zero attached hydrogens (tertiary/aromatic N) is 6. The van der Waals surface area contributed by atoms with E-state index in [0.29, 0.717) is 5.69 Å². The highest BCUT2D eigenvalue weighted by Gasteiger charge is 2.26. The van der Waals surface area contributed by atoms with E-state index in [1.54, 1.807) is 6.92 Å². The molecule has 1 amide bonds. The Bertz CT molecular complexity index is 1380. The van der Waals surface area contributed by atoms with Crippen molar-refractivity contribution in [3.63, 3.8) is 0 Å². The summed E-state index contributed by atoms with van der Waals surface area (Å²) < 4.78 is 22.5. The Kier molecular flexibility index (Phi) is 10.2. The molecule has 212 valence electrons. The number of carbonyl (C=O) groups is 1. The van der Waals surface area contributed by atoms with Gasteiger partial charge in [-0.3, -0.25) is 23.7 Å². The van der Waals surface area contributed by atoms with Crippen LogP contribution < -0.4 is 16.6 Å². The number of aryl methyl sites for hydroxylation is 1. The molecule has 0 saturated carbocycles. The Labute approximate surface area is 223 Å². The van der Waals surface area contributed by atoms with E-state index in [-0.39, 0.29) is 55.8 Å². The summed E-state index contributed by atoms with van der Waals surface area (Å²) in [6, 6.07) is 1.67. The van der Waals surface area contributed by atoms with E-state index in [1.807, 2.05) is 13.8 Å². The van der Waals surface area contributed by atoms with Crippen molar-refractivity contribution < 1.29 is 24.1 Å². The zero-order valence-corrected chi connectivity index (χ0v) is 22.3. The van der Waals surface area contributed by atoms with Crippen LogP contribution in [0.25, 0.3) is 0 Å². The molecule has 0 aliphatic rings. The topological polar surface area (TPSA) is 166 Å². The standard InChI is InChI=1S/C25H34FN7O6/c1-15(2)22(23(36)28-11-19-10-18(26)5-6-27-19)33-14-20(29-30-33)13-32-24(37)16(3)12-31(25(32)38)21(9-17(4)35)39-8-7-34/h5-6,10,12,14-15,17,21-22,34-35H,7-9,11,13H2,1-4H3,(H,28,36)/t17-,21?,22+/m1/s1. The van der Waals surface area contributed by atoms with Gasteiger partial charge in [0.25, 0.3) is 5.56 Å². The number of nitrogens with one attached hydrogen (secondary N) is 1. The lowest BCUT2D eigenvalue weighted by Gasteiger charge is -2.22. The van der Waals surface area contributed by atoms with Crippen molar-refractivity contribution in [2.24, 2.45) is 5.92 Å². The highest BCUT2D eigenvalue weighted by Crippen LogP contribution is 2.18. The fraction of sp³-hybridized carbons (Fsp3) is 0.520. The van der Waals surface area contributed by atoms with E-state index >= 15 is 0 Å². The molecular formula is C25H34FN7O6. The molecule has 39 heavy (non-hydrogen) atoms. The summed E-state index contributed by atoms with van der Waals surface area (Å²) in [4.78, 5) is 43.2. The number of aliphatic hydroxyl groups excluding tert-OH is 2. The minimum Gasteiger partial charge on any atom is -0.394 e. The SMILES string of the molecule is Cc1cn(C(C[C@@H](C)O)OCCO)c(=O)n(Cc2cn([C@H](C(=O)NCc3cc(F)ccn3)C(C)C)nn2)c1=O. The highest BCUT2D eigenvalue weighted by atomic mass is 19.1. The molecule has 3 aromatic heterocycles. The molecule has 0 fully saturated rings. The molecule has 3 N–H and O–H groups in total. The molecule has 3 heterocycles. The molecule has 1 unspecified atom stereocenters. The van der Waals surface area contributed by atoms with E-state index in [4.69, 9.17) is 9.84 Å². The fourth-order valence-electron chi connectivity index (χ4n) is 4.09. The first-order chi connectivity index (χ1) is 18.5. The molecule has 0 aliphatic carbocycles. The van der Waals surface area contributed by atoms with Gasteiger partial charge in [0.2, 0.25) is 5.91 Å². The van der Waals surface area contributed by atoms with Gasteiger partial charge in [0.15, 0.2) is 0 Å². The zero-order valence-electron chi connectivity index (χ0n) is 22.3. The first-order valence-electron chi connectivity index (χ1n) is 12.5. The summed E-state index contributed by atoms with van der Waals surface area (Å²) in [5.74, 6) is -1.05. The number of carbonyl (C=O) groups excluding carboxylic acids is 1. The third kappa shape index (κ3) is 7.65.